The molecule has 25 heavy (non-hydrogen) atoms. The normalized spacial score (nSPS) is 14.6. The quantitative estimate of drug-likeness (QED) is 0.672. The minimum absolute atomic E-state index is 0.0176. The number of fused-ring (bicyclic) bond motifs is 1. The fourth-order valence-electron chi connectivity index (χ4n) is 2.98. The molecule has 6 heteroatoms. The number of aliphatic hydroxyl groups excluding tert-OH is 1. The highest BCUT2D eigenvalue weighted by molar-refractivity contribution is 6.30. The van der Waals surface area contributed by atoms with Crippen molar-refractivity contribution in [1.82, 2.24) is 9.97 Å². The van der Waals surface area contributed by atoms with Crippen LogP contribution in [0.15, 0.2) is 59.1 Å². The SMILES string of the molecule is Cc1ccc(N2CC(O)=C(c3nc4ccccc4c(=O)[nH]3)C2=N)cc1. The molecule has 0 bridgehead atoms. The van der Waals surface area contributed by atoms with E-state index in [1.807, 2.05) is 31.2 Å². The fourth-order valence-corrected chi connectivity index (χ4v) is 2.98. The van der Waals surface area contributed by atoms with Crippen LogP contribution in [0.5, 0.6) is 0 Å². The van der Waals surface area contributed by atoms with E-state index in [4.69, 9.17) is 5.41 Å². The zero-order valence-corrected chi connectivity index (χ0v) is 13.6. The third-order valence-corrected chi connectivity index (χ3v) is 4.30. The molecule has 0 spiro atoms. The summed E-state index contributed by atoms with van der Waals surface area (Å²) >= 11 is 0. The van der Waals surface area contributed by atoms with Gasteiger partial charge in [-0.2, -0.15) is 0 Å². The minimum atomic E-state index is -0.289. The van der Waals surface area contributed by atoms with Crippen molar-refractivity contribution in [3.8, 4) is 0 Å². The number of aliphatic hydroxyl groups is 1. The van der Waals surface area contributed by atoms with Gasteiger partial charge in [0.25, 0.3) is 5.56 Å². The van der Waals surface area contributed by atoms with Gasteiger partial charge in [0.05, 0.1) is 23.0 Å². The van der Waals surface area contributed by atoms with Gasteiger partial charge in [0.1, 0.15) is 17.4 Å². The number of amidine groups is 1. The van der Waals surface area contributed by atoms with E-state index in [0.29, 0.717) is 10.9 Å². The van der Waals surface area contributed by atoms with Crippen molar-refractivity contribution in [3.63, 3.8) is 0 Å². The van der Waals surface area contributed by atoms with Crippen molar-refractivity contribution in [2.45, 2.75) is 6.92 Å². The number of rotatable bonds is 2. The van der Waals surface area contributed by atoms with E-state index in [0.717, 1.165) is 11.3 Å². The summed E-state index contributed by atoms with van der Waals surface area (Å²) in [6.07, 6.45) is 0. The first kappa shape index (κ1) is 15.1. The van der Waals surface area contributed by atoms with Gasteiger partial charge in [-0.25, -0.2) is 4.98 Å². The molecule has 0 saturated carbocycles. The van der Waals surface area contributed by atoms with Crippen LogP contribution < -0.4 is 10.5 Å². The largest absolute Gasteiger partial charge is 0.509 e. The number of nitrogens with zero attached hydrogens (tertiary/aromatic N) is 2. The maximum absolute atomic E-state index is 12.3. The Morgan fingerprint density at radius 2 is 1.88 bits per heavy atom. The Labute approximate surface area is 143 Å². The molecule has 6 nitrogen and oxygen atoms in total. The molecule has 0 amide bonds. The first-order valence-corrected chi connectivity index (χ1v) is 7.89. The molecule has 0 saturated heterocycles. The predicted octanol–water partition coefficient (Wildman–Crippen LogP) is 3.00. The second-order valence-electron chi connectivity index (χ2n) is 6.02. The summed E-state index contributed by atoms with van der Waals surface area (Å²) in [6, 6.07) is 14.7. The Balaban J connectivity index is 1.78. The topological polar surface area (TPSA) is 93.1 Å². The molecular formula is C19H16N4O2. The molecule has 2 heterocycles. The number of benzene rings is 2. The maximum atomic E-state index is 12.3. The second-order valence-corrected chi connectivity index (χ2v) is 6.02. The van der Waals surface area contributed by atoms with Gasteiger partial charge in [0.2, 0.25) is 0 Å². The number of hydrogen-bond acceptors (Lipinski definition) is 4. The standard InChI is InChI=1S/C19H16N4O2/c1-11-6-8-12(9-7-11)23-10-15(24)16(17(23)20)18-21-14-5-3-2-4-13(14)19(25)22-18/h2-9,20,24H,10H2,1H3,(H,21,22,25). The van der Waals surface area contributed by atoms with Crippen LogP contribution in [-0.2, 0) is 0 Å². The van der Waals surface area contributed by atoms with Crippen molar-refractivity contribution >= 4 is 28.0 Å². The summed E-state index contributed by atoms with van der Waals surface area (Å²) in [6.45, 7) is 2.16. The lowest BCUT2D eigenvalue weighted by atomic mass is 10.2. The van der Waals surface area contributed by atoms with E-state index in [-0.39, 0.29) is 35.1 Å². The number of anilines is 1. The molecule has 0 unspecified atom stereocenters. The lowest BCUT2D eigenvalue weighted by molar-refractivity contribution is 0.411. The maximum Gasteiger partial charge on any atom is 0.259 e. The van der Waals surface area contributed by atoms with E-state index < -0.39 is 0 Å². The lowest BCUT2D eigenvalue weighted by Gasteiger charge is -2.18. The van der Waals surface area contributed by atoms with Crippen LogP contribution in [-0.4, -0.2) is 27.5 Å². The molecule has 3 N–H and O–H groups in total. The van der Waals surface area contributed by atoms with Crippen LogP contribution in [0.25, 0.3) is 16.5 Å². The molecule has 1 aromatic heterocycles. The number of H-pyrrole nitrogens is 1. The van der Waals surface area contributed by atoms with Crippen LogP contribution in [0, 0.1) is 12.3 Å². The summed E-state index contributed by atoms with van der Waals surface area (Å²) in [5.74, 6) is 0.338. The van der Waals surface area contributed by atoms with Gasteiger partial charge in [0.15, 0.2) is 0 Å². The van der Waals surface area contributed by atoms with Crippen molar-refractivity contribution in [3.05, 3.63) is 76.0 Å². The third-order valence-electron chi connectivity index (χ3n) is 4.30. The molecule has 0 radical (unpaired) electrons. The van der Waals surface area contributed by atoms with Crippen molar-refractivity contribution in [2.75, 3.05) is 11.4 Å². The molecule has 1 aliphatic rings. The zero-order chi connectivity index (χ0) is 17.6. The summed E-state index contributed by atoms with van der Waals surface area (Å²) in [5, 5.41) is 19.3. The van der Waals surface area contributed by atoms with Crippen LogP contribution >= 0.6 is 0 Å². The van der Waals surface area contributed by atoms with Crippen LogP contribution in [0.3, 0.4) is 0 Å². The summed E-state index contributed by atoms with van der Waals surface area (Å²) in [4.78, 5) is 21.1. The predicted molar refractivity (Wildman–Crippen MR) is 98.2 cm³/mol. The van der Waals surface area contributed by atoms with E-state index in [1.54, 1.807) is 29.2 Å². The van der Waals surface area contributed by atoms with E-state index in [9.17, 15) is 9.90 Å². The average Bonchev–Trinajstić information content (AvgIpc) is 2.90. The molecule has 3 aromatic rings. The molecule has 124 valence electrons. The average molecular weight is 332 g/mol. The van der Waals surface area contributed by atoms with Crippen LogP contribution in [0.4, 0.5) is 5.69 Å². The van der Waals surface area contributed by atoms with Gasteiger partial charge in [-0.3, -0.25) is 10.2 Å². The first-order chi connectivity index (χ1) is 12.0. The van der Waals surface area contributed by atoms with Crippen molar-refractivity contribution < 1.29 is 5.11 Å². The Hall–Kier alpha value is -3.41. The van der Waals surface area contributed by atoms with E-state index >= 15 is 0 Å². The number of hydrogen-bond donors (Lipinski definition) is 3. The minimum Gasteiger partial charge on any atom is -0.509 e. The van der Waals surface area contributed by atoms with E-state index in [1.165, 1.54) is 0 Å². The molecule has 0 atom stereocenters. The Morgan fingerprint density at radius 3 is 2.64 bits per heavy atom. The highest BCUT2D eigenvalue weighted by Crippen LogP contribution is 2.29. The highest BCUT2D eigenvalue weighted by Gasteiger charge is 2.31. The third kappa shape index (κ3) is 2.48. The highest BCUT2D eigenvalue weighted by atomic mass is 16.3. The number of nitrogens with one attached hydrogen (secondary N) is 2. The lowest BCUT2D eigenvalue weighted by Crippen LogP contribution is -2.26. The van der Waals surface area contributed by atoms with Gasteiger partial charge in [-0.05, 0) is 31.2 Å². The summed E-state index contributed by atoms with van der Waals surface area (Å²) in [7, 11) is 0. The molecule has 0 fully saturated rings. The van der Waals surface area contributed by atoms with Gasteiger partial charge < -0.3 is 15.0 Å². The monoisotopic (exact) mass is 332 g/mol. The summed E-state index contributed by atoms with van der Waals surface area (Å²) in [5.41, 5.74) is 2.42. The van der Waals surface area contributed by atoms with E-state index in [2.05, 4.69) is 9.97 Å². The molecule has 4 rings (SSSR count). The van der Waals surface area contributed by atoms with Gasteiger partial charge in [-0.15, -0.1) is 0 Å². The van der Waals surface area contributed by atoms with Gasteiger partial charge in [-0.1, -0.05) is 29.8 Å². The van der Waals surface area contributed by atoms with Crippen molar-refractivity contribution in [1.29, 1.82) is 5.41 Å². The van der Waals surface area contributed by atoms with Crippen LogP contribution in [0.1, 0.15) is 11.4 Å². The number of aromatic nitrogens is 2. The Bertz CT molecular complexity index is 1080. The second kappa shape index (κ2) is 5.59. The zero-order valence-electron chi connectivity index (χ0n) is 13.6. The van der Waals surface area contributed by atoms with Crippen LogP contribution in [0.2, 0.25) is 0 Å². The first-order valence-electron chi connectivity index (χ1n) is 7.89. The number of aryl methyl sites for hydroxylation is 1. The fraction of sp³-hybridized carbons (Fsp3) is 0.105. The Morgan fingerprint density at radius 1 is 1.16 bits per heavy atom. The Kier molecular flexibility index (Phi) is 3.39. The molecule has 1 aliphatic heterocycles. The molecule has 2 aromatic carbocycles. The van der Waals surface area contributed by atoms with Gasteiger partial charge >= 0.3 is 0 Å². The van der Waals surface area contributed by atoms with Gasteiger partial charge in [0, 0.05) is 5.69 Å². The number of para-hydroxylation sites is 1. The summed E-state index contributed by atoms with van der Waals surface area (Å²) < 4.78 is 0. The molecule has 0 aliphatic carbocycles. The molecular weight excluding hydrogens is 316 g/mol. The smallest absolute Gasteiger partial charge is 0.259 e. The van der Waals surface area contributed by atoms with Crippen molar-refractivity contribution in [2.24, 2.45) is 0 Å². The number of aromatic amines is 1.